The number of nitrogens with one attached hydrogen (secondary N) is 1. The molecule has 0 aromatic heterocycles. The summed E-state index contributed by atoms with van der Waals surface area (Å²) in [6, 6.07) is 13.5. The quantitative estimate of drug-likeness (QED) is 0.915. The monoisotopic (exact) mass is 332 g/mol. The van der Waals surface area contributed by atoms with E-state index in [4.69, 9.17) is 0 Å². The van der Waals surface area contributed by atoms with Gasteiger partial charge in [0.15, 0.2) is 0 Å². The maximum atomic E-state index is 12.2. The van der Waals surface area contributed by atoms with E-state index in [0.29, 0.717) is 11.3 Å². The number of amides is 1. The number of anilines is 1. The van der Waals surface area contributed by atoms with Gasteiger partial charge in [0, 0.05) is 25.3 Å². The minimum Gasteiger partial charge on any atom is -0.322 e. The van der Waals surface area contributed by atoms with Gasteiger partial charge in [-0.2, -0.15) is 0 Å². The summed E-state index contributed by atoms with van der Waals surface area (Å²) >= 11 is 0. The van der Waals surface area contributed by atoms with E-state index >= 15 is 0 Å². The topological polar surface area (TPSA) is 66.5 Å². The third-order valence-corrected chi connectivity index (χ3v) is 5.34. The van der Waals surface area contributed by atoms with E-state index in [1.165, 1.54) is 43.9 Å². The molecule has 0 spiro atoms. The largest absolute Gasteiger partial charge is 0.322 e. The lowest BCUT2D eigenvalue weighted by molar-refractivity contribution is 0.102. The number of hydrogen-bond donors (Lipinski definition) is 1. The molecule has 6 heteroatoms. The summed E-state index contributed by atoms with van der Waals surface area (Å²) in [5, 5.41) is 2.79. The molecule has 5 nitrogen and oxygen atoms in total. The molecule has 0 aliphatic rings. The zero-order valence-corrected chi connectivity index (χ0v) is 14.2. The molecule has 0 heterocycles. The predicted molar refractivity (Wildman–Crippen MR) is 91.1 cm³/mol. The summed E-state index contributed by atoms with van der Waals surface area (Å²) in [5.41, 5.74) is 2.31. The van der Waals surface area contributed by atoms with Crippen molar-refractivity contribution in [2.45, 2.75) is 18.2 Å². The Bertz CT molecular complexity index is 780. The molecule has 0 aliphatic heterocycles. The Hall–Kier alpha value is -2.18. The third kappa shape index (κ3) is 3.97. The van der Waals surface area contributed by atoms with Crippen molar-refractivity contribution in [2.75, 3.05) is 19.4 Å². The molecule has 0 saturated carbocycles. The van der Waals surface area contributed by atoms with E-state index in [-0.39, 0.29) is 10.8 Å². The Morgan fingerprint density at radius 2 is 1.57 bits per heavy atom. The lowest BCUT2D eigenvalue weighted by Crippen LogP contribution is -2.22. The third-order valence-electron chi connectivity index (χ3n) is 3.52. The van der Waals surface area contributed by atoms with Gasteiger partial charge in [-0.1, -0.05) is 19.1 Å². The SMILES string of the molecule is CCc1ccc(NC(=O)c2ccc(S(=O)(=O)N(C)C)cc2)cc1. The summed E-state index contributed by atoms with van der Waals surface area (Å²) in [6.07, 6.45) is 0.941. The first kappa shape index (κ1) is 17.2. The van der Waals surface area contributed by atoms with Crippen LogP contribution in [0.3, 0.4) is 0 Å². The summed E-state index contributed by atoms with van der Waals surface area (Å²) in [7, 11) is -0.548. The number of rotatable bonds is 5. The standard InChI is InChI=1S/C17H20N2O3S/c1-4-13-5-9-15(10-6-13)18-17(20)14-7-11-16(12-8-14)23(21,22)19(2)3/h5-12H,4H2,1-3H3,(H,18,20). The van der Waals surface area contributed by atoms with Gasteiger partial charge in [-0.05, 0) is 48.4 Å². The molecule has 1 N–H and O–H groups in total. The molecule has 0 aliphatic carbocycles. The molecule has 2 aromatic carbocycles. The van der Waals surface area contributed by atoms with Crippen molar-refractivity contribution in [3.8, 4) is 0 Å². The summed E-state index contributed by atoms with van der Waals surface area (Å²) in [6.45, 7) is 2.07. The van der Waals surface area contributed by atoms with Gasteiger partial charge < -0.3 is 5.32 Å². The predicted octanol–water partition coefficient (Wildman–Crippen LogP) is 2.75. The van der Waals surface area contributed by atoms with Crippen LogP contribution in [0.4, 0.5) is 5.69 Å². The number of hydrogen-bond acceptors (Lipinski definition) is 3. The Balaban J connectivity index is 2.14. The Kier molecular flexibility index (Phi) is 5.18. The molecule has 23 heavy (non-hydrogen) atoms. The second-order valence-electron chi connectivity index (χ2n) is 5.32. The summed E-state index contributed by atoms with van der Waals surface area (Å²) in [4.78, 5) is 12.4. The Labute approximate surface area is 137 Å². The summed E-state index contributed by atoms with van der Waals surface area (Å²) < 4.78 is 25.1. The van der Waals surface area contributed by atoms with Crippen molar-refractivity contribution in [2.24, 2.45) is 0 Å². The first-order valence-electron chi connectivity index (χ1n) is 7.27. The molecule has 0 saturated heterocycles. The highest BCUT2D eigenvalue weighted by atomic mass is 32.2. The molecule has 0 radical (unpaired) electrons. The number of aryl methyl sites for hydroxylation is 1. The lowest BCUT2D eigenvalue weighted by atomic mass is 10.1. The zero-order valence-electron chi connectivity index (χ0n) is 13.4. The number of sulfonamides is 1. The maximum absolute atomic E-state index is 12.2. The molecule has 0 bridgehead atoms. The second kappa shape index (κ2) is 6.93. The fraction of sp³-hybridized carbons (Fsp3) is 0.235. The van der Waals surface area contributed by atoms with Crippen molar-refractivity contribution in [1.29, 1.82) is 0 Å². The van der Waals surface area contributed by atoms with Crippen LogP contribution in [-0.2, 0) is 16.4 Å². The van der Waals surface area contributed by atoms with Crippen LogP contribution in [0.25, 0.3) is 0 Å². The average molecular weight is 332 g/mol. The molecule has 2 aromatic rings. The molecular formula is C17H20N2O3S. The smallest absolute Gasteiger partial charge is 0.255 e. The molecule has 0 fully saturated rings. The summed E-state index contributed by atoms with van der Waals surface area (Å²) in [5.74, 6) is -0.275. The Morgan fingerprint density at radius 3 is 2.04 bits per heavy atom. The number of benzene rings is 2. The van der Waals surface area contributed by atoms with Gasteiger partial charge >= 0.3 is 0 Å². The zero-order chi connectivity index (χ0) is 17.0. The van der Waals surface area contributed by atoms with Gasteiger partial charge in [0.25, 0.3) is 5.91 Å². The molecule has 122 valence electrons. The first-order valence-corrected chi connectivity index (χ1v) is 8.71. The molecule has 0 atom stereocenters. The van der Waals surface area contributed by atoms with Crippen molar-refractivity contribution < 1.29 is 13.2 Å². The van der Waals surface area contributed by atoms with Crippen LogP contribution in [0.2, 0.25) is 0 Å². The van der Waals surface area contributed by atoms with E-state index < -0.39 is 10.0 Å². The maximum Gasteiger partial charge on any atom is 0.255 e. The highest BCUT2D eigenvalue weighted by molar-refractivity contribution is 7.89. The van der Waals surface area contributed by atoms with Crippen LogP contribution in [0.5, 0.6) is 0 Å². The average Bonchev–Trinajstić information content (AvgIpc) is 2.55. The van der Waals surface area contributed by atoms with Gasteiger partial charge in [-0.3, -0.25) is 4.79 Å². The van der Waals surface area contributed by atoms with Crippen LogP contribution in [0.15, 0.2) is 53.4 Å². The van der Waals surface area contributed by atoms with Crippen molar-refractivity contribution in [3.05, 3.63) is 59.7 Å². The highest BCUT2D eigenvalue weighted by Crippen LogP contribution is 2.16. The minimum atomic E-state index is -3.48. The van der Waals surface area contributed by atoms with Gasteiger partial charge in [0.1, 0.15) is 0 Å². The van der Waals surface area contributed by atoms with E-state index in [1.807, 2.05) is 24.3 Å². The van der Waals surface area contributed by atoms with Crippen molar-refractivity contribution in [3.63, 3.8) is 0 Å². The Morgan fingerprint density at radius 1 is 1.00 bits per heavy atom. The second-order valence-corrected chi connectivity index (χ2v) is 7.47. The van der Waals surface area contributed by atoms with Crippen LogP contribution < -0.4 is 5.32 Å². The van der Waals surface area contributed by atoms with E-state index in [1.54, 1.807) is 0 Å². The van der Waals surface area contributed by atoms with Gasteiger partial charge in [0.05, 0.1) is 4.90 Å². The molecular weight excluding hydrogens is 312 g/mol. The van der Waals surface area contributed by atoms with Crippen molar-refractivity contribution in [1.82, 2.24) is 4.31 Å². The van der Waals surface area contributed by atoms with Gasteiger partial charge in [0.2, 0.25) is 10.0 Å². The normalized spacial score (nSPS) is 11.5. The van der Waals surface area contributed by atoms with Crippen LogP contribution in [0.1, 0.15) is 22.8 Å². The van der Waals surface area contributed by atoms with Crippen LogP contribution >= 0.6 is 0 Å². The fourth-order valence-corrected chi connectivity index (χ4v) is 2.92. The molecule has 1 amide bonds. The minimum absolute atomic E-state index is 0.159. The van der Waals surface area contributed by atoms with Crippen molar-refractivity contribution >= 4 is 21.6 Å². The fourth-order valence-electron chi connectivity index (χ4n) is 2.02. The lowest BCUT2D eigenvalue weighted by Gasteiger charge is -2.11. The molecule has 0 unspecified atom stereocenters. The van der Waals surface area contributed by atoms with Crippen LogP contribution in [0, 0.1) is 0 Å². The number of carbonyl (C=O) groups excluding carboxylic acids is 1. The van der Waals surface area contributed by atoms with Gasteiger partial charge in [-0.15, -0.1) is 0 Å². The van der Waals surface area contributed by atoms with E-state index in [9.17, 15) is 13.2 Å². The molecule has 2 rings (SSSR count). The van der Waals surface area contributed by atoms with E-state index in [2.05, 4.69) is 12.2 Å². The number of carbonyl (C=O) groups is 1. The number of nitrogens with zero attached hydrogens (tertiary/aromatic N) is 1. The van der Waals surface area contributed by atoms with E-state index in [0.717, 1.165) is 10.7 Å². The van der Waals surface area contributed by atoms with Gasteiger partial charge in [-0.25, -0.2) is 12.7 Å². The first-order chi connectivity index (χ1) is 10.8. The highest BCUT2D eigenvalue weighted by Gasteiger charge is 2.17. The van der Waals surface area contributed by atoms with Crippen LogP contribution in [-0.4, -0.2) is 32.7 Å².